The van der Waals surface area contributed by atoms with Crippen LogP contribution in [0.5, 0.6) is 0 Å². The van der Waals surface area contributed by atoms with Gasteiger partial charge in [0.1, 0.15) is 0 Å². The Labute approximate surface area is 75.2 Å². The third-order valence-corrected chi connectivity index (χ3v) is 0. The number of hydrogen-bond acceptors (Lipinski definition) is 1. The van der Waals surface area contributed by atoms with Crippen molar-refractivity contribution in [2.24, 2.45) is 0 Å². The molecule has 5 heteroatoms. The van der Waals surface area contributed by atoms with E-state index in [9.17, 15) is 0 Å². The zero-order chi connectivity index (χ0) is 3.58. The van der Waals surface area contributed by atoms with Crippen molar-refractivity contribution < 1.29 is 15.0 Å². The molecular weight excluding hydrogens is 179 g/mol. The fraction of sp³-hybridized carbons (Fsp3) is 0. The van der Waals surface area contributed by atoms with Crippen LogP contribution in [-0.4, -0.2) is 71.2 Å². The van der Waals surface area contributed by atoms with E-state index in [1.807, 2.05) is 0 Å². The summed E-state index contributed by atoms with van der Waals surface area (Å²) < 4.78 is 0. The van der Waals surface area contributed by atoms with Crippen LogP contribution in [0.4, 0.5) is 4.79 Å². The van der Waals surface area contributed by atoms with Crippen LogP contribution in [0.1, 0.15) is 0 Å². The maximum Gasteiger partial charge on any atom is 0.503 e. The summed E-state index contributed by atoms with van der Waals surface area (Å²) in [5.74, 6) is 0. The minimum absolute atomic E-state index is 0. The van der Waals surface area contributed by atoms with E-state index in [2.05, 4.69) is 0 Å². The van der Waals surface area contributed by atoms with Crippen molar-refractivity contribution in [1.82, 2.24) is 0 Å². The second-order valence-electron chi connectivity index (χ2n) is 0.283. The van der Waals surface area contributed by atoms with Gasteiger partial charge in [-0.2, -0.15) is 0 Å². The Hall–Kier alpha value is 1.05. The van der Waals surface area contributed by atoms with Crippen LogP contribution < -0.4 is 0 Å². The maximum atomic E-state index is 8.56. The molecule has 4 radical (unpaired) electrons. The van der Waals surface area contributed by atoms with Crippen LogP contribution in [0.3, 0.4) is 0 Å². The van der Waals surface area contributed by atoms with Crippen molar-refractivity contribution in [1.29, 1.82) is 0 Å². The molecule has 0 aromatic rings. The average molecular weight is 181 g/mol. The summed E-state index contributed by atoms with van der Waals surface area (Å²) in [6.07, 6.45) is -1.83. The molecule has 0 unspecified atom stereocenters. The SMILES string of the molecule is O=C(O)O.[Ca].[Se]. The summed E-state index contributed by atoms with van der Waals surface area (Å²) in [5.41, 5.74) is 0. The van der Waals surface area contributed by atoms with E-state index in [0.717, 1.165) is 0 Å². The standard InChI is InChI=1S/CH2O3.Ca.Se/c2-1(3)4;;/h(H2,2,3,4);;. The van der Waals surface area contributed by atoms with Crippen molar-refractivity contribution >= 4 is 61.0 Å². The predicted molar refractivity (Wildman–Crippen MR) is 22.2 cm³/mol. The largest absolute Gasteiger partial charge is 0.503 e. The summed E-state index contributed by atoms with van der Waals surface area (Å²) in [4.78, 5) is 8.56. The molecule has 0 spiro atoms. The van der Waals surface area contributed by atoms with E-state index in [1.54, 1.807) is 0 Å². The van der Waals surface area contributed by atoms with Gasteiger partial charge in [0.05, 0.1) is 0 Å². The molecule has 2 N–H and O–H groups in total. The van der Waals surface area contributed by atoms with Crippen molar-refractivity contribution in [2.75, 3.05) is 0 Å². The third kappa shape index (κ3) is 75.2. The molecule has 32 valence electrons. The smallest absolute Gasteiger partial charge is 0.450 e. The normalized spacial score (nSPS) is 4.00. The number of rotatable bonds is 0. The first-order chi connectivity index (χ1) is 1.73. The summed E-state index contributed by atoms with van der Waals surface area (Å²) in [5, 5.41) is 13.9. The summed E-state index contributed by atoms with van der Waals surface area (Å²) in [6.45, 7) is 0. The van der Waals surface area contributed by atoms with E-state index in [0.29, 0.717) is 0 Å². The molecule has 0 saturated heterocycles. The van der Waals surface area contributed by atoms with Gasteiger partial charge in [-0.3, -0.25) is 0 Å². The Morgan fingerprint density at radius 1 is 1.33 bits per heavy atom. The Bertz CT molecular complexity index is 33.8. The topological polar surface area (TPSA) is 57.5 Å². The van der Waals surface area contributed by atoms with Crippen LogP contribution >= 0.6 is 0 Å². The van der Waals surface area contributed by atoms with Gasteiger partial charge in [-0.05, 0) is 0 Å². The summed E-state index contributed by atoms with van der Waals surface area (Å²) in [6, 6.07) is 0. The molecule has 0 heterocycles. The minimum atomic E-state index is -1.83. The first kappa shape index (κ1) is 15.7. The fourth-order valence-corrected chi connectivity index (χ4v) is 0. The van der Waals surface area contributed by atoms with Gasteiger partial charge in [-0.1, -0.05) is 0 Å². The molecule has 0 fully saturated rings. The van der Waals surface area contributed by atoms with Crippen LogP contribution in [0.2, 0.25) is 0 Å². The minimum Gasteiger partial charge on any atom is -0.450 e. The quantitative estimate of drug-likeness (QED) is 0.493. The molecule has 0 aliphatic carbocycles. The van der Waals surface area contributed by atoms with Crippen LogP contribution in [-0.2, 0) is 0 Å². The monoisotopic (exact) mass is 182 g/mol. The van der Waals surface area contributed by atoms with E-state index >= 15 is 0 Å². The van der Waals surface area contributed by atoms with Crippen LogP contribution in [0.25, 0.3) is 0 Å². The molecule has 0 aromatic carbocycles. The van der Waals surface area contributed by atoms with E-state index < -0.39 is 6.16 Å². The summed E-state index contributed by atoms with van der Waals surface area (Å²) in [7, 11) is 0. The molecule has 0 aromatic heterocycles. The Kier molecular flexibility index (Phi) is 24.7. The van der Waals surface area contributed by atoms with Gasteiger partial charge in [0.15, 0.2) is 0 Å². The van der Waals surface area contributed by atoms with Crippen LogP contribution in [0.15, 0.2) is 0 Å². The van der Waals surface area contributed by atoms with E-state index in [-0.39, 0.29) is 54.8 Å². The second kappa shape index (κ2) is 9.41. The Balaban J connectivity index is -0.0000000450. The predicted octanol–water partition coefficient (Wildman–Crippen LogP) is -0.539. The van der Waals surface area contributed by atoms with Gasteiger partial charge in [0.25, 0.3) is 0 Å². The zero-order valence-corrected chi connectivity index (χ0v) is 6.84. The number of carboxylic acid groups (broad SMARTS) is 2. The Morgan fingerprint density at radius 3 is 1.33 bits per heavy atom. The molecule has 0 amide bonds. The van der Waals surface area contributed by atoms with Gasteiger partial charge in [-0.15, -0.1) is 0 Å². The average Bonchev–Trinajstić information content (AvgIpc) is 0.811. The number of carbonyl (C=O) groups is 1. The molecule has 0 aliphatic heterocycles. The van der Waals surface area contributed by atoms with Gasteiger partial charge in [0, 0.05) is 54.8 Å². The second-order valence-corrected chi connectivity index (χ2v) is 0.283. The van der Waals surface area contributed by atoms with Gasteiger partial charge < -0.3 is 10.2 Å². The van der Waals surface area contributed by atoms with Crippen molar-refractivity contribution in [3.63, 3.8) is 0 Å². The molecule has 0 bridgehead atoms. The Morgan fingerprint density at radius 2 is 1.33 bits per heavy atom. The first-order valence-electron chi connectivity index (χ1n) is 0.651. The molecule has 3 nitrogen and oxygen atoms in total. The number of hydrogen-bond donors (Lipinski definition) is 2. The fourth-order valence-electron chi connectivity index (χ4n) is 0. The van der Waals surface area contributed by atoms with Gasteiger partial charge in [0.2, 0.25) is 0 Å². The zero-order valence-electron chi connectivity index (χ0n) is 2.92. The van der Waals surface area contributed by atoms with Crippen molar-refractivity contribution in [3.8, 4) is 0 Å². The van der Waals surface area contributed by atoms with E-state index in [1.165, 1.54) is 0 Å². The maximum absolute atomic E-state index is 8.56. The van der Waals surface area contributed by atoms with Gasteiger partial charge >= 0.3 is 6.16 Å². The molecule has 0 atom stereocenters. The molecule has 0 rings (SSSR count). The molecule has 0 saturated carbocycles. The molecule has 6 heavy (non-hydrogen) atoms. The van der Waals surface area contributed by atoms with Gasteiger partial charge in [-0.25, -0.2) is 4.79 Å². The third-order valence-electron chi connectivity index (χ3n) is 0. The summed E-state index contributed by atoms with van der Waals surface area (Å²) >= 11 is 0. The van der Waals surface area contributed by atoms with Crippen LogP contribution in [0, 0.1) is 0 Å². The molecular formula is CH2CaO3Se. The van der Waals surface area contributed by atoms with Crippen molar-refractivity contribution in [3.05, 3.63) is 0 Å². The van der Waals surface area contributed by atoms with E-state index in [4.69, 9.17) is 15.0 Å². The van der Waals surface area contributed by atoms with Crippen molar-refractivity contribution in [2.45, 2.75) is 0 Å². The molecule has 0 aliphatic rings. The first-order valence-corrected chi connectivity index (χ1v) is 0.651.